The van der Waals surface area contributed by atoms with E-state index < -0.39 is 6.29 Å². The summed E-state index contributed by atoms with van der Waals surface area (Å²) in [5, 5.41) is 24.7. The molecule has 1 aliphatic heterocycles. The van der Waals surface area contributed by atoms with Crippen molar-refractivity contribution in [3.05, 3.63) is 136 Å². The third-order valence-corrected chi connectivity index (χ3v) is 9.81. The molecule has 2 amide bonds. The fourth-order valence-electron chi connectivity index (χ4n) is 5.24. The van der Waals surface area contributed by atoms with Gasteiger partial charge in [0.15, 0.2) is 10.6 Å². The van der Waals surface area contributed by atoms with Crippen molar-refractivity contribution in [2.75, 3.05) is 5.75 Å². The minimum absolute atomic E-state index is 0.00786. The topological polar surface area (TPSA) is 106 Å². The first-order valence-electron chi connectivity index (χ1n) is 15.2. The van der Waals surface area contributed by atoms with Gasteiger partial charge >= 0.3 is 6.03 Å². The second-order valence-electron chi connectivity index (χ2n) is 11.1. The number of benzene rings is 4. The molecular weight excluding hydrogens is 617 g/mol. The molecule has 3 N–H and O–H groups in total. The molecule has 0 spiro atoms. The monoisotopic (exact) mass is 652 g/mol. The quantitative estimate of drug-likeness (QED) is 0.128. The zero-order valence-corrected chi connectivity index (χ0v) is 27.1. The zero-order chi connectivity index (χ0) is 31.7. The summed E-state index contributed by atoms with van der Waals surface area (Å²) in [4.78, 5) is 12.3. The van der Waals surface area contributed by atoms with Crippen LogP contribution in [0.4, 0.5) is 4.79 Å². The number of rotatable bonds is 11. The van der Waals surface area contributed by atoms with Crippen LogP contribution in [0.2, 0.25) is 0 Å². The standard InChI is InChI=1S/C36H36N4O4S2/c1-24-39-40-36(46-24)45-23-32-19-33(29-12-10-26(22-41)11-13-29)44-34(43-32)30-16-14-28(15-17-30)31-9-5-8-27(18-31)21-38-35(42)37-20-25-6-3-2-4-7-25/h2-18,32-34,41H,19-23H2,1H3,(H2,37,38,42)/t32-,33+,34+/m0/s1. The van der Waals surface area contributed by atoms with E-state index >= 15 is 0 Å². The average Bonchev–Trinajstić information content (AvgIpc) is 3.54. The lowest BCUT2D eigenvalue weighted by molar-refractivity contribution is -0.245. The molecule has 46 heavy (non-hydrogen) atoms. The zero-order valence-electron chi connectivity index (χ0n) is 25.5. The largest absolute Gasteiger partial charge is 0.392 e. The molecule has 5 aromatic rings. The number of urea groups is 1. The number of hydrogen-bond donors (Lipinski definition) is 3. The number of aliphatic hydroxyl groups is 1. The average molecular weight is 653 g/mol. The molecule has 0 unspecified atom stereocenters. The fourth-order valence-corrected chi connectivity index (χ4v) is 7.10. The maximum absolute atomic E-state index is 12.3. The van der Waals surface area contributed by atoms with Crippen LogP contribution < -0.4 is 10.6 Å². The second-order valence-corrected chi connectivity index (χ2v) is 13.5. The van der Waals surface area contributed by atoms with E-state index in [1.807, 2.05) is 73.7 Å². The van der Waals surface area contributed by atoms with Gasteiger partial charge in [-0.3, -0.25) is 0 Å². The summed E-state index contributed by atoms with van der Waals surface area (Å²) in [6, 6.07) is 34.0. The molecule has 6 rings (SSSR count). The van der Waals surface area contributed by atoms with E-state index in [2.05, 4.69) is 57.2 Å². The molecule has 8 nitrogen and oxygen atoms in total. The Morgan fingerprint density at radius 3 is 2.26 bits per heavy atom. The second kappa shape index (κ2) is 15.5. The molecule has 0 aliphatic carbocycles. The Morgan fingerprint density at radius 1 is 0.826 bits per heavy atom. The van der Waals surface area contributed by atoms with E-state index in [1.165, 1.54) is 0 Å². The summed E-state index contributed by atoms with van der Waals surface area (Å²) < 4.78 is 13.9. The number of carbonyl (C=O) groups is 1. The van der Waals surface area contributed by atoms with Gasteiger partial charge in [0, 0.05) is 30.8 Å². The van der Waals surface area contributed by atoms with Crippen LogP contribution in [-0.2, 0) is 29.2 Å². The van der Waals surface area contributed by atoms with Crippen molar-refractivity contribution in [2.24, 2.45) is 0 Å². The predicted molar refractivity (Wildman–Crippen MR) is 181 cm³/mol. The third-order valence-electron chi connectivity index (χ3n) is 7.71. The van der Waals surface area contributed by atoms with Crippen LogP contribution in [0.5, 0.6) is 0 Å². The Bertz CT molecular complexity index is 1710. The highest BCUT2D eigenvalue weighted by molar-refractivity contribution is 8.01. The number of nitrogens with one attached hydrogen (secondary N) is 2. The van der Waals surface area contributed by atoms with Crippen LogP contribution in [-0.4, -0.2) is 33.2 Å². The molecule has 1 saturated heterocycles. The number of carbonyl (C=O) groups excluding carboxylic acids is 1. The Labute approximate surface area is 277 Å². The Kier molecular flexibility index (Phi) is 10.7. The van der Waals surface area contributed by atoms with Crippen LogP contribution in [0, 0.1) is 6.92 Å². The molecule has 236 valence electrons. The highest BCUT2D eigenvalue weighted by Crippen LogP contribution is 2.40. The van der Waals surface area contributed by atoms with Crippen LogP contribution >= 0.6 is 23.1 Å². The van der Waals surface area contributed by atoms with Gasteiger partial charge in [-0.25, -0.2) is 4.79 Å². The SMILES string of the molecule is Cc1nnc(SC[C@@H]2C[C@H](c3ccc(CO)cc3)O[C@H](c3ccc(-c4cccc(CNC(=O)NCc5ccccc5)c4)cc3)O2)s1. The Balaban J connectivity index is 1.11. The van der Waals surface area contributed by atoms with Crippen molar-refractivity contribution in [3.63, 3.8) is 0 Å². The first-order valence-corrected chi connectivity index (χ1v) is 17.0. The lowest BCUT2D eigenvalue weighted by Crippen LogP contribution is -2.34. The number of thioether (sulfide) groups is 1. The van der Waals surface area contributed by atoms with Crippen molar-refractivity contribution in [2.45, 2.75) is 55.9 Å². The third kappa shape index (κ3) is 8.60. The summed E-state index contributed by atoms with van der Waals surface area (Å²) >= 11 is 3.24. The molecule has 0 radical (unpaired) electrons. The summed E-state index contributed by atoms with van der Waals surface area (Å²) in [7, 11) is 0. The van der Waals surface area contributed by atoms with Gasteiger partial charge in [-0.2, -0.15) is 0 Å². The summed E-state index contributed by atoms with van der Waals surface area (Å²) in [5.41, 5.74) is 7.05. The number of hydrogen-bond acceptors (Lipinski definition) is 8. The number of ether oxygens (including phenoxy) is 2. The highest BCUT2D eigenvalue weighted by atomic mass is 32.2. The Morgan fingerprint density at radius 2 is 1.54 bits per heavy atom. The first kappa shape index (κ1) is 31.9. The van der Waals surface area contributed by atoms with E-state index in [1.54, 1.807) is 23.1 Å². The van der Waals surface area contributed by atoms with Gasteiger partial charge in [0.2, 0.25) is 0 Å². The van der Waals surface area contributed by atoms with Crippen LogP contribution in [0.3, 0.4) is 0 Å². The molecule has 2 heterocycles. The van der Waals surface area contributed by atoms with Gasteiger partial charge in [-0.05, 0) is 46.4 Å². The number of amides is 2. The van der Waals surface area contributed by atoms with Crippen LogP contribution in [0.15, 0.2) is 107 Å². The molecule has 0 bridgehead atoms. The van der Waals surface area contributed by atoms with E-state index in [-0.39, 0.29) is 24.8 Å². The summed E-state index contributed by atoms with van der Waals surface area (Å²) in [6.45, 7) is 2.87. The fraction of sp³-hybridized carbons (Fsp3) is 0.250. The lowest BCUT2D eigenvalue weighted by atomic mass is 9.99. The van der Waals surface area contributed by atoms with Crippen molar-refractivity contribution in [3.8, 4) is 11.1 Å². The smallest absolute Gasteiger partial charge is 0.315 e. The molecule has 4 aromatic carbocycles. The van der Waals surface area contributed by atoms with Crippen molar-refractivity contribution < 1.29 is 19.4 Å². The number of aryl methyl sites for hydroxylation is 1. The Hall–Kier alpha value is -4.06. The predicted octanol–water partition coefficient (Wildman–Crippen LogP) is 7.34. The molecule has 3 atom stereocenters. The van der Waals surface area contributed by atoms with Gasteiger partial charge in [0.05, 0.1) is 18.8 Å². The van der Waals surface area contributed by atoms with E-state index in [4.69, 9.17) is 9.47 Å². The normalized spacial score (nSPS) is 17.8. The molecule has 1 fully saturated rings. The number of nitrogens with zero attached hydrogens (tertiary/aromatic N) is 2. The van der Waals surface area contributed by atoms with Gasteiger partial charge in [-0.15, -0.1) is 10.2 Å². The van der Waals surface area contributed by atoms with Crippen LogP contribution in [0.1, 0.15) is 51.6 Å². The van der Waals surface area contributed by atoms with Crippen molar-refractivity contribution in [1.82, 2.24) is 20.8 Å². The maximum atomic E-state index is 12.3. The molecular formula is C36H36N4O4S2. The van der Waals surface area contributed by atoms with Gasteiger partial charge in [-0.1, -0.05) is 120 Å². The molecule has 0 saturated carbocycles. The highest BCUT2D eigenvalue weighted by Gasteiger charge is 2.32. The van der Waals surface area contributed by atoms with Gasteiger partial charge < -0.3 is 25.2 Å². The minimum Gasteiger partial charge on any atom is -0.392 e. The summed E-state index contributed by atoms with van der Waals surface area (Å²) in [5.74, 6) is 0.739. The molecule has 10 heteroatoms. The molecule has 1 aliphatic rings. The van der Waals surface area contributed by atoms with E-state index in [0.29, 0.717) is 19.5 Å². The van der Waals surface area contributed by atoms with Crippen molar-refractivity contribution in [1.29, 1.82) is 0 Å². The number of aliphatic hydroxyl groups excluding tert-OH is 1. The first-order chi connectivity index (χ1) is 22.5. The van der Waals surface area contributed by atoms with Gasteiger partial charge in [0.1, 0.15) is 5.01 Å². The number of aromatic nitrogens is 2. The maximum Gasteiger partial charge on any atom is 0.315 e. The van der Waals surface area contributed by atoms with E-state index in [0.717, 1.165) is 54.0 Å². The summed E-state index contributed by atoms with van der Waals surface area (Å²) in [6.07, 6.45) is -0.0219. The molecule has 1 aromatic heterocycles. The van der Waals surface area contributed by atoms with Crippen molar-refractivity contribution >= 4 is 29.1 Å². The van der Waals surface area contributed by atoms with Crippen LogP contribution in [0.25, 0.3) is 11.1 Å². The van der Waals surface area contributed by atoms with E-state index in [9.17, 15) is 9.90 Å². The lowest BCUT2D eigenvalue weighted by Gasteiger charge is -2.36. The van der Waals surface area contributed by atoms with Gasteiger partial charge in [0.25, 0.3) is 0 Å². The minimum atomic E-state index is -0.531.